The average Bonchev–Trinajstić information content (AvgIpc) is 2.74. The Morgan fingerprint density at radius 3 is 2.80 bits per heavy atom. The molecule has 0 fully saturated rings. The zero-order chi connectivity index (χ0) is 10.1. The number of fused-ring (bicyclic) bond motifs is 1. The molecule has 15 heavy (non-hydrogen) atoms. The summed E-state index contributed by atoms with van der Waals surface area (Å²) in [6, 6.07) is 17.2. The van der Waals surface area contributed by atoms with Crippen LogP contribution in [0.4, 0.5) is 0 Å². The molecular weight excluding hydrogens is 184 g/mol. The van der Waals surface area contributed by atoms with Crippen molar-refractivity contribution >= 4 is 11.0 Å². The lowest BCUT2D eigenvalue weighted by atomic mass is 10.1. The normalized spacial score (nSPS) is 10.7. The van der Waals surface area contributed by atoms with Gasteiger partial charge in [0, 0.05) is 23.3 Å². The Morgan fingerprint density at radius 2 is 2.00 bits per heavy atom. The molecule has 0 aliphatic heterocycles. The molecule has 2 aromatic heterocycles. The number of hydrogen-bond donors (Lipinski definition) is 1. The number of nitrogens with zero attached hydrogens (tertiary/aromatic N) is 1. The maximum atomic E-state index is 4.22. The molecule has 0 bridgehead atoms. The van der Waals surface area contributed by atoms with Crippen LogP contribution in [-0.4, -0.2) is 9.97 Å². The second kappa shape index (κ2) is 3.24. The highest BCUT2D eigenvalue weighted by Gasteiger charge is 2.02. The van der Waals surface area contributed by atoms with Crippen LogP contribution in [0.2, 0.25) is 0 Å². The van der Waals surface area contributed by atoms with E-state index >= 15 is 0 Å². The second-order valence-electron chi connectivity index (χ2n) is 3.42. The number of H-pyrrole nitrogens is 1. The molecule has 0 atom stereocenters. The highest BCUT2D eigenvalue weighted by atomic mass is 14.8. The van der Waals surface area contributed by atoms with E-state index in [2.05, 4.69) is 34.2 Å². The summed E-state index contributed by atoms with van der Waals surface area (Å²) in [5, 5.41) is 1.09. The lowest BCUT2D eigenvalue weighted by molar-refractivity contribution is 1.32. The van der Waals surface area contributed by atoms with Crippen molar-refractivity contribution < 1.29 is 0 Å². The van der Waals surface area contributed by atoms with Crippen LogP contribution in [-0.2, 0) is 0 Å². The monoisotopic (exact) mass is 193 g/mol. The predicted molar refractivity (Wildman–Crippen MR) is 60.4 cm³/mol. The minimum Gasteiger partial charge on any atom is -0.339 e. The summed E-state index contributed by atoms with van der Waals surface area (Å²) in [6.45, 7) is 0. The van der Waals surface area contributed by atoms with Crippen molar-refractivity contribution in [3.8, 4) is 11.3 Å². The molecule has 0 saturated carbocycles. The third-order valence-electron chi connectivity index (χ3n) is 2.42. The summed E-state index contributed by atoms with van der Waals surface area (Å²) in [5.74, 6) is 0. The number of pyridine rings is 1. The zero-order valence-electron chi connectivity index (χ0n) is 8.07. The standard InChI is InChI=1S/C13H9N2/c1-2-5-10(6-3-1)12-9-11-7-4-8-14-13(11)15-12/h1-3,5-9H,(H,14,15). The molecule has 2 heterocycles. The first kappa shape index (κ1) is 8.24. The molecular formula is C13H9N2. The summed E-state index contributed by atoms with van der Waals surface area (Å²) in [4.78, 5) is 7.50. The molecule has 0 aliphatic carbocycles. The second-order valence-corrected chi connectivity index (χ2v) is 3.42. The zero-order valence-corrected chi connectivity index (χ0v) is 8.07. The summed E-state index contributed by atoms with van der Waals surface area (Å²) in [5.41, 5.74) is 3.18. The highest BCUT2D eigenvalue weighted by Crippen LogP contribution is 2.21. The molecule has 71 valence electrons. The van der Waals surface area contributed by atoms with Gasteiger partial charge < -0.3 is 4.98 Å². The van der Waals surface area contributed by atoms with Gasteiger partial charge in [0.1, 0.15) is 5.65 Å². The molecule has 1 N–H and O–H groups in total. The van der Waals surface area contributed by atoms with E-state index in [0.29, 0.717) is 0 Å². The van der Waals surface area contributed by atoms with E-state index in [9.17, 15) is 0 Å². The molecule has 3 aromatic rings. The Hall–Kier alpha value is -2.09. The largest absolute Gasteiger partial charge is 0.339 e. The molecule has 0 unspecified atom stereocenters. The molecule has 3 rings (SSSR count). The average molecular weight is 193 g/mol. The van der Waals surface area contributed by atoms with Gasteiger partial charge in [0.15, 0.2) is 0 Å². The van der Waals surface area contributed by atoms with Crippen LogP contribution in [0.5, 0.6) is 0 Å². The Kier molecular flexibility index (Phi) is 1.78. The fourth-order valence-electron chi connectivity index (χ4n) is 1.68. The molecule has 0 spiro atoms. The lowest BCUT2D eigenvalue weighted by Crippen LogP contribution is -1.76. The van der Waals surface area contributed by atoms with Gasteiger partial charge in [-0.05, 0) is 17.7 Å². The molecule has 2 heteroatoms. The van der Waals surface area contributed by atoms with Crippen molar-refractivity contribution in [2.45, 2.75) is 0 Å². The van der Waals surface area contributed by atoms with Crippen LogP contribution in [0, 0.1) is 6.07 Å². The first-order valence-corrected chi connectivity index (χ1v) is 4.84. The molecule has 0 saturated heterocycles. The lowest BCUT2D eigenvalue weighted by Gasteiger charge is -1.94. The fraction of sp³-hybridized carbons (Fsp3) is 0. The van der Waals surface area contributed by atoms with Crippen LogP contribution < -0.4 is 0 Å². The number of hydrogen-bond acceptors (Lipinski definition) is 1. The number of nitrogens with one attached hydrogen (secondary N) is 1. The van der Waals surface area contributed by atoms with Gasteiger partial charge in [0.05, 0.1) is 0 Å². The Bertz CT molecular complexity index is 549. The summed E-state index contributed by atoms with van der Waals surface area (Å²) in [7, 11) is 0. The van der Waals surface area contributed by atoms with Crippen molar-refractivity contribution in [2.24, 2.45) is 0 Å². The molecule has 1 radical (unpaired) electrons. The highest BCUT2D eigenvalue weighted by molar-refractivity contribution is 5.82. The van der Waals surface area contributed by atoms with Gasteiger partial charge in [-0.25, -0.2) is 4.98 Å². The van der Waals surface area contributed by atoms with Crippen molar-refractivity contribution in [1.29, 1.82) is 0 Å². The number of rotatable bonds is 1. The van der Waals surface area contributed by atoms with Gasteiger partial charge in [0.2, 0.25) is 0 Å². The maximum Gasteiger partial charge on any atom is 0.137 e. The van der Waals surface area contributed by atoms with Gasteiger partial charge in [-0.1, -0.05) is 30.3 Å². The fourth-order valence-corrected chi connectivity index (χ4v) is 1.68. The van der Waals surface area contributed by atoms with Gasteiger partial charge >= 0.3 is 0 Å². The molecule has 0 aliphatic rings. The summed E-state index contributed by atoms with van der Waals surface area (Å²) >= 11 is 0. The van der Waals surface area contributed by atoms with Gasteiger partial charge in [0.25, 0.3) is 0 Å². The van der Waals surface area contributed by atoms with Crippen molar-refractivity contribution in [1.82, 2.24) is 9.97 Å². The Labute approximate surface area is 87.6 Å². The first-order valence-electron chi connectivity index (χ1n) is 4.84. The number of benzene rings is 1. The van der Waals surface area contributed by atoms with Crippen LogP contribution in [0.3, 0.4) is 0 Å². The smallest absolute Gasteiger partial charge is 0.137 e. The number of aromatic nitrogens is 2. The van der Waals surface area contributed by atoms with Crippen LogP contribution in [0.25, 0.3) is 22.3 Å². The van der Waals surface area contributed by atoms with E-state index in [4.69, 9.17) is 0 Å². The van der Waals surface area contributed by atoms with Gasteiger partial charge in [-0.15, -0.1) is 0 Å². The third-order valence-corrected chi connectivity index (χ3v) is 2.42. The van der Waals surface area contributed by atoms with Crippen LogP contribution >= 0.6 is 0 Å². The Balaban J connectivity index is 2.21. The van der Waals surface area contributed by atoms with E-state index in [1.807, 2.05) is 24.3 Å². The van der Waals surface area contributed by atoms with Gasteiger partial charge in [-0.3, -0.25) is 0 Å². The first-order chi connectivity index (χ1) is 7.43. The predicted octanol–water partition coefficient (Wildman–Crippen LogP) is 3.03. The van der Waals surface area contributed by atoms with Gasteiger partial charge in [-0.2, -0.15) is 0 Å². The van der Waals surface area contributed by atoms with Crippen LogP contribution in [0.1, 0.15) is 0 Å². The minimum absolute atomic E-state index is 0.910. The summed E-state index contributed by atoms with van der Waals surface area (Å²) < 4.78 is 0. The SMILES string of the molecule is [c]1cnc2[nH]c(-c3ccccc3)cc2c1. The van der Waals surface area contributed by atoms with E-state index in [-0.39, 0.29) is 0 Å². The third kappa shape index (κ3) is 1.40. The topological polar surface area (TPSA) is 28.7 Å². The van der Waals surface area contributed by atoms with Crippen molar-refractivity contribution in [3.05, 3.63) is 54.7 Å². The van der Waals surface area contributed by atoms with E-state index < -0.39 is 0 Å². The van der Waals surface area contributed by atoms with E-state index in [1.165, 1.54) is 5.56 Å². The minimum atomic E-state index is 0.910. The molecule has 2 nitrogen and oxygen atoms in total. The van der Waals surface area contributed by atoms with E-state index in [0.717, 1.165) is 16.7 Å². The Morgan fingerprint density at radius 1 is 1.13 bits per heavy atom. The maximum absolute atomic E-state index is 4.22. The van der Waals surface area contributed by atoms with Crippen molar-refractivity contribution in [2.75, 3.05) is 0 Å². The molecule has 1 aromatic carbocycles. The summed E-state index contributed by atoms with van der Waals surface area (Å²) in [6.07, 6.45) is 1.67. The number of aromatic amines is 1. The quantitative estimate of drug-likeness (QED) is 0.632. The van der Waals surface area contributed by atoms with Crippen LogP contribution in [0.15, 0.2) is 48.7 Å². The van der Waals surface area contributed by atoms with Crippen molar-refractivity contribution in [3.63, 3.8) is 0 Å². The molecule has 0 amide bonds. The van der Waals surface area contributed by atoms with E-state index in [1.54, 1.807) is 6.20 Å².